The van der Waals surface area contributed by atoms with Crippen molar-refractivity contribution in [3.8, 4) is 0 Å². The third kappa shape index (κ3) is 14.6. The Bertz CT molecular complexity index is 1380. The highest BCUT2D eigenvalue weighted by atomic mass is 32.3. The van der Waals surface area contributed by atoms with E-state index in [1.807, 2.05) is 0 Å². The SMILES string of the molecule is NC(=O)Nc1cc(N(CCOSOOO)CCOSOOO)ccc1N=Nc1ccc(S(=O)(=O)CCOS(=O)(=O)O)cc1. The Morgan fingerprint density at radius 1 is 0.907 bits per heavy atom. The highest BCUT2D eigenvalue weighted by Gasteiger charge is 2.17. The van der Waals surface area contributed by atoms with Gasteiger partial charge in [-0.3, -0.25) is 12.9 Å². The fourth-order valence-electron chi connectivity index (χ4n) is 3.04. The lowest BCUT2D eigenvalue weighted by atomic mass is 10.2. The van der Waals surface area contributed by atoms with Crippen molar-refractivity contribution in [1.82, 2.24) is 0 Å². The van der Waals surface area contributed by atoms with Gasteiger partial charge in [0, 0.05) is 18.8 Å². The lowest BCUT2D eigenvalue weighted by molar-refractivity contribution is -0.434. The van der Waals surface area contributed by atoms with Crippen LogP contribution in [0.15, 0.2) is 57.6 Å². The van der Waals surface area contributed by atoms with Crippen LogP contribution >= 0.6 is 24.6 Å². The van der Waals surface area contributed by atoms with E-state index in [1.54, 1.807) is 11.0 Å². The molecule has 2 amide bonds. The van der Waals surface area contributed by atoms with Gasteiger partial charge >= 0.3 is 16.4 Å². The molecule has 20 nitrogen and oxygen atoms in total. The Labute approximate surface area is 253 Å². The van der Waals surface area contributed by atoms with Crippen molar-refractivity contribution >= 4 is 73.7 Å². The summed E-state index contributed by atoms with van der Waals surface area (Å²) in [5.74, 6) is -0.704. The number of amides is 2. The number of carbonyl (C=O) groups excluding carboxylic acids is 1. The minimum atomic E-state index is -4.78. The van der Waals surface area contributed by atoms with Gasteiger partial charge in [0.1, 0.15) is 5.69 Å². The van der Waals surface area contributed by atoms with Gasteiger partial charge in [-0.25, -0.2) is 27.9 Å². The number of nitrogens with zero attached hydrogens (tertiary/aromatic N) is 3. The Balaban J connectivity index is 2.19. The number of hydrogen-bond acceptors (Lipinski definition) is 19. The zero-order chi connectivity index (χ0) is 31.7. The first-order chi connectivity index (χ1) is 20.4. The first-order valence-corrected chi connectivity index (χ1v) is 15.6. The summed E-state index contributed by atoms with van der Waals surface area (Å²) in [7, 11) is -8.71. The van der Waals surface area contributed by atoms with Gasteiger partial charge in [0.15, 0.2) is 34.5 Å². The fourth-order valence-corrected chi connectivity index (χ4v) is 4.94. The van der Waals surface area contributed by atoms with Crippen molar-refractivity contribution in [3.63, 3.8) is 0 Å². The Morgan fingerprint density at radius 3 is 2.05 bits per heavy atom. The zero-order valence-electron chi connectivity index (χ0n) is 21.6. The second-order valence-electron chi connectivity index (χ2n) is 7.51. The molecule has 0 spiro atoms. The molecule has 2 aromatic rings. The minimum absolute atomic E-state index is 0.0662. The second-order valence-corrected chi connectivity index (χ2v) is 11.7. The molecule has 2 aromatic carbocycles. The molecule has 24 heteroatoms. The zero-order valence-corrected chi connectivity index (χ0v) is 24.8. The van der Waals surface area contributed by atoms with Gasteiger partial charge in [-0.15, -0.1) is 13.8 Å². The normalized spacial score (nSPS) is 12.1. The monoisotopic (exact) mass is 691 g/mol. The molecular weight excluding hydrogens is 666 g/mol. The van der Waals surface area contributed by atoms with Crippen LogP contribution in [0.25, 0.3) is 0 Å². The van der Waals surface area contributed by atoms with Gasteiger partial charge in [0.2, 0.25) is 0 Å². The van der Waals surface area contributed by atoms with Crippen LogP contribution < -0.4 is 16.0 Å². The first-order valence-electron chi connectivity index (χ1n) is 11.3. The van der Waals surface area contributed by atoms with Crippen LogP contribution in [-0.2, 0) is 51.5 Å². The molecule has 0 aliphatic heterocycles. The summed E-state index contributed by atoms with van der Waals surface area (Å²) in [6, 6.07) is 8.90. The highest BCUT2D eigenvalue weighted by molar-refractivity contribution is 7.91. The summed E-state index contributed by atoms with van der Waals surface area (Å²) >= 11 is 0.761. The van der Waals surface area contributed by atoms with E-state index in [4.69, 9.17) is 29.2 Å². The number of sulfone groups is 1. The summed E-state index contributed by atoms with van der Waals surface area (Å²) in [4.78, 5) is 13.2. The Hall–Kier alpha value is -2.69. The molecule has 240 valence electrons. The van der Waals surface area contributed by atoms with Crippen molar-refractivity contribution in [2.45, 2.75) is 4.90 Å². The predicted molar refractivity (Wildman–Crippen MR) is 149 cm³/mol. The molecule has 43 heavy (non-hydrogen) atoms. The molecule has 2 rings (SSSR count). The van der Waals surface area contributed by atoms with Gasteiger partial charge < -0.3 is 16.0 Å². The van der Waals surface area contributed by atoms with Gasteiger partial charge in [0.25, 0.3) is 0 Å². The average molecular weight is 692 g/mol. The summed E-state index contributed by atoms with van der Waals surface area (Å²) in [6.45, 7) is -0.167. The highest BCUT2D eigenvalue weighted by Crippen LogP contribution is 2.32. The van der Waals surface area contributed by atoms with E-state index in [9.17, 15) is 21.6 Å². The molecule has 0 aliphatic rings. The Morgan fingerprint density at radius 2 is 1.51 bits per heavy atom. The molecule has 0 saturated carbocycles. The topological polar surface area (TPSA) is 277 Å². The number of urea groups is 1. The average Bonchev–Trinajstić information content (AvgIpc) is 2.94. The van der Waals surface area contributed by atoms with Crippen molar-refractivity contribution < 1.29 is 68.0 Å². The van der Waals surface area contributed by atoms with E-state index in [-0.39, 0.29) is 48.3 Å². The fraction of sp³-hybridized carbons (Fsp3) is 0.316. The van der Waals surface area contributed by atoms with Crippen LogP contribution in [0.3, 0.4) is 0 Å². The van der Waals surface area contributed by atoms with Crippen LogP contribution in [-0.4, -0.2) is 76.6 Å². The van der Waals surface area contributed by atoms with Gasteiger partial charge in [-0.2, -0.15) is 13.5 Å². The van der Waals surface area contributed by atoms with E-state index < -0.39 is 38.6 Å². The maximum atomic E-state index is 12.3. The van der Waals surface area contributed by atoms with Gasteiger partial charge in [-0.05, 0) is 42.5 Å². The maximum Gasteiger partial charge on any atom is 0.397 e. The second kappa shape index (κ2) is 18.9. The number of hydrogen-bond donors (Lipinski definition) is 5. The lowest BCUT2D eigenvalue weighted by Gasteiger charge is -2.25. The van der Waals surface area contributed by atoms with Gasteiger partial charge in [0.05, 0.1) is 41.8 Å². The number of carbonyl (C=O) groups is 1. The van der Waals surface area contributed by atoms with Crippen molar-refractivity contribution in [2.75, 3.05) is 48.9 Å². The summed E-state index contributed by atoms with van der Waals surface area (Å²) in [5.41, 5.74) is 6.43. The van der Waals surface area contributed by atoms with Crippen LogP contribution in [0.2, 0.25) is 0 Å². The van der Waals surface area contributed by atoms with Crippen LogP contribution in [0, 0.1) is 0 Å². The molecule has 0 unspecified atom stereocenters. The van der Waals surface area contributed by atoms with E-state index >= 15 is 0 Å². The van der Waals surface area contributed by atoms with Crippen molar-refractivity contribution in [3.05, 3.63) is 42.5 Å². The summed E-state index contributed by atoms with van der Waals surface area (Å²) < 4.78 is 77.0. The third-order valence-electron chi connectivity index (χ3n) is 4.76. The number of primary amides is 1. The molecule has 6 N–H and O–H groups in total. The molecule has 0 aromatic heterocycles. The third-order valence-corrected chi connectivity index (χ3v) is 7.68. The molecule has 0 heterocycles. The lowest BCUT2D eigenvalue weighted by Crippen LogP contribution is -2.30. The van der Waals surface area contributed by atoms with Crippen LogP contribution in [0.5, 0.6) is 0 Å². The molecule has 0 atom stereocenters. The van der Waals surface area contributed by atoms with E-state index in [0.29, 0.717) is 30.3 Å². The first kappa shape index (κ1) is 36.5. The molecule has 0 fully saturated rings. The van der Waals surface area contributed by atoms with Crippen LogP contribution in [0.1, 0.15) is 0 Å². The number of anilines is 2. The van der Waals surface area contributed by atoms with E-state index in [2.05, 4.69) is 38.5 Å². The number of benzene rings is 2. The van der Waals surface area contributed by atoms with Gasteiger partial charge in [-0.1, -0.05) is 10.1 Å². The van der Waals surface area contributed by atoms with E-state index in [0.717, 1.165) is 0 Å². The van der Waals surface area contributed by atoms with Crippen molar-refractivity contribution in [2.24, 2.45) is 16.0 Å². The number of azo groups is 1. The Kier molecular flexibility index (Phi) is 16.0. The quantitative estimate of drug-likeness (QED) is 0.0314. The predicted octanol–water partition coefficient (Wildman–Crippen LogP) is 2.99. The number of nitrogens with two attached hydrogens (primary N) is 1. The maximum absolute atomic E-state index is 12.3. The molecule has 0 bridgehead atoms. The summed E-state index contributed by atoms with van der Waals surface area (Å²) in [5, 5.41) is 33.8. The molecule has 0 radical (unpaired) electrons. The molecule has 0 saturated heterocycles. The number of rotatable bonds is 21. The number of nitrogens with one attached hydrogen (secondary N) is 1. The van der Waals surface area contributed by atoms with Crippen molar-refractivity contribution in [1.29, 1.82) is 0 Å². The van der Waals surface area contributed by atoms with E-state index in [1.165, 1.54) is 36.4 Å². The summed E-state index contributed by atoms with van der Waals surface area (Å²) in [6.07, 6.45) is 0. The smallest absolute Gasteiger partial charge is 0.367 e. The molecule has 0 aliphatic carbocycles. The standard InChI is InChI=1S/C19H25N5O15S4/c20-19(25)21-18-13-15(24(7-9-33-40-38-36-26)8-10-34-41-39-37-27)3-6-17(18)23-22-14-1-4-16(5-2-14)42(28,29)12-11-35-43(30,31)32/h1-6,13,26-27H,7-12H2,(H3,20,21,25)(H,30,31,32). The molecular formula is C19H25N5O15S4. The van der Waals surface area contributed by atoms with Crippen LogP contribution in [0.4, 0.5) is 27.5 Å². The largest absolute Gasteiger partial charge is 0.397 e. The minimum Gasteiger partial charge on any atom is -0.367 e.